The summed E-state index contributed by atoms with van der Waals surface area (Å²) in [6.07, 6.45) is 4.33. The molecule has 2 aromatic rings. The SMILES string of the molecule is Cc1cc(C)n(C[C@@H](C)CNC2CCN(Cc3ccccn3)CC2)n1. The molecule has 25 heavy (non-hydrogen) atoms. The van der Waals surface area contributed by atoms with Gasteiger partial charge in [-0.05, 0) is 57.4 Å². The molecule has 0 saturated carbocycles. The van der Waals surface area contributed by atoms with Crippen molar-refractivity contribution >= 4 is 0 Å². The summed E-state index contributed by atoms with van der Waals surface area (Å²) in [6, 6.07) is 8.96. The molecule has 0 spiro atoms. The van der Waals surface area contributed by atoms with Crippen molar-refractivity contribution in [1.29, 1.82) is 0 Å². The van der Waals surface area contributed by atoms with Gasteiger partial charge in [0.1, 0.15) is 0 Å². The Morgan fingerprint density at radius 1 is 1.24 bits per heavy atom. The fraction of sp³-hybridized carbons (Fsp3) is 0.600. The predicted octanol–water partition coefficient (Wildman–Crippen LogP) is 2.79. The van der Waals surface area contributed by atoms with E-state index in [0.717, 1.165) is 38.4 Å². The van der Waals surface area contributed by atoms with Crippen LogP contribution >= 0.6 is 0 Å². The highest BCUT2D eigenvalue weighted by atomic mass is 15.3. The Balaban J connectivity index is 1.37. The van der Waals surface area contributed by atoms with Gasteiger partial charge in [-0.3, -0.25) is 14.6 Å². The summed E-state index contributed by atoms with van der Waals surface area (Å²) in [7, 11) is 0. The summed E-state index contributed by atoms with van der Waals surface area (Å²) < 4.78 is 2.14. The normalized spacial score (nSPS) is 17.7. The average molecular weight is 342 g/mol. The minimum absolute atomic E-state index is 0.588. The van der Waals surface area contributed by atoms with Gasteiger partial charge in [-0.2, -0.15) is 5.10 Å². The lowest BCUT2D eigenvalue weighted by molar-refractivity contribution is 0.185. The Hall–Kier alpha value is -1.72. The molecule has 136 valence electrons. The van der Waals surface area contributed by atoms with Crippen LogP contribution in [-0.4, -0.2) is 45.3 Å². The van der Waals surface area contributed by atoms with Crippen molar-refractivity contribution in [3.05, 3.63) is 47.5 Å². The van der Waals surface area contributed by atoms with Gasteiger partial charge in [0.05, 0.1) is 11.4 Å². The molecular weight excluding hydrogens is 310 g/mol. The average Bonchev–Trinajstić information content (AvgIpc) is 2.92. The fourth-order valence-electron chi connectivity index (χ4n) is 3.60. The van der Waals surface area contributed by atoms with E-state index in [1.165, 1.54) is 24.2 Å². The van der Waals surface area contributed by atoms with Crippen molar-refractivity contribution in [2.75, 3.05) is 19.6 Å². The van der Waals surface area contributed by atoms with E-state index in [1.807, 2.05) is 12.3 Å². The molecule has 0 aliphatic carbocycles. The Morgan fingerprint density at radius 2 is 2.04 bits per heavy atom. The molecule has 2 aromatic heterocycles. The molecule has 0 unspecified atom stereocenters. The van der Waals surface area contributed by atoms with Crippen molar-refractivity contribution in [1.82, 2.24) is 25.0 Å². The van der Waals surface area contributed by atoms with Crippen LogP contribution in [0.2, 0.25) is 0 Å². The number of aryl methyl sites for hydroxylation is 2. The van der Waals surface area contributed by atoms with Gasteiger partial charge < -0.3 is 5.32 Å². The Bertz CT molecular complexity index is 643. The number of hydrogen-bond donors (Lipinski definition) is 1. The monoisotopic (exact) mass is 341 g/mol. The lowest BCUT2D eigenvalue weighted by Crippen LogP contribution is -2.43. The van der Waals surface area contributed by atoms with Crippen LogP contribution in [0.4, 0.5) is 0 Å². The van der Waals surface area contributed by atoms with Crippen molar-refractivity contribution in [3.8, 4) is 0 Å². The number of piperidine rings is 1. The van der Waals surface area contributed by atoms with Gasteiger partial charge in [-0.25, -0.2) is 0 Å². The number of nitrogens with zero attached hydrogens (tertiary/aromatic N) is 4. The molecule has 1 saturated heterocycles. The van der Waals surface area contributed by atoms with Crippen LogP contribution in [0.5, 0.6) is 0 Å². The van der Waals surface area contributed by atoms with Crippen LogP contribution in [0.15, 0.2) is 30.5 Å². The highest BCUT2D eigenvalue weighted by Crippen LogP contribution is 2.14. The van der Waals surface area contributed by atoms with E-state index in [-0.39, 0.29) is 0 Å². The van der Waals surface area contributed by atoms with E-state index in [0.29, 0.717) is 12.0 Å². The van der Waals surface area contributed by atoms with E-state index in [9.17, 15) is 0 Å². The van der Waals surface area contributed by atoms with E-state index < -0.39 is 0 Å². The zero-order chi connectivity index (χ0) is 17.6. The number of pyridine rings is 1. The summed E-state index contributed by atoms with van der Waals surface area (Å²) in [5.74, 6) is 0.588. The molecule has 5 heteroatoms. The second kappa shape index (κ2) is 8.59. The van der Waals surface area contributed by atoms with Crippen molar-refractivity contribution < 1.29 is 0 Å². The number of aromatic nitrogens is 3. The zero-order valence-corrected chi connectivity index (χ0v) is 15.8. The lowest BCUT2D eigenvalue weighted by Gasteiger charge is -2.32. The standard InChI is InChI=1S/C20H31N5/c1-16(14-25-18(3)12-17(2)23-25)13-22-19-7-10-24(11-8-19)15-20-6-4-5-9-21-20/h4-6,9,12,16,19,22H,7-8,10-11,13-15H2,1-3H3/t16-/m0/s1. The number of hydrogen-bond acceptors (Lipinski definition) is 4. The van der Waals surface area contributed by atoms with Gasteiger partial charge in [0.2, 0.25) is 0 Å². The summed E-state index contributed by atoms with van der Waals surface area (Å²) in [5, 5.41) is 8.34. The van der Waals surface area contributed by atoms with Crippen LogP contribution in [0.25, 0.3) is 0 Å². The second-order valence-electron chi connectivity index (χ2n) is 7.49. The van der Waals surface area contributed by atoms with Gasteiger partial charge in [0.15, 0.2) is 0 Å². The topological polar surface area (TPSA) is 46.0 Å². The maximum atomic E-state index is 4.57. The predicted molar refractivity (Wildman–Crippen MR) is 101 cm³/mol. The van der Waals surface area contributed by atoms with Gasteiger partial charge in [-0.15, -0.1) is 0 Å². The highest BCUT2D eigenvalue weighted by Gasteiger charge is 2.19. The van der Waals surface area contributed by atoms with Crippen LogP contribution in [0, 0.1) is 19.8 Å². The zero-order valence-electron chi connectivity index (χ0n) is 15.8. The Kier molecular flexibility index (Phi) is 6.21. The summed E-state index contributed by atoms with van der Waals surface area (Å²) in [5.41, 5.74) is 3.54. The third kappa shape index (κ3) is 5.38. The first-order valence-electron chi connectivity index (χ1n) is 9.47. The van der Waals surface area contributed by atoms with Gasteiger partial charge in [-0.1, -0.05) is 13.0 Å². The molecule has 3 rings (SSSR count). The Morgan fingerprint density at radius 3 is 2.68 bits per heavy atom. The molecule has 0 bridgehead atoms. The van der Waals surface area contributed by atoms with Gasteiger partial charge in [0.25, 0.3) is 0 Å². The maximum absolute atomic E-state index is 4.57. The second-order valence-corrected chi connectivity index (χ2v) is 7.49. The quantitative estimate of drug-likeness (QED) is 0.841. The third-order valence-electron chi connectivity index (χ3n) is 5.04. The van der Waals surface area contributed by atoms with Crippen LogP contribution in [0.1, 0.15) is 36.8 Å². The molecule has 1 atom stereocenters. The first-order valence-corrected chi connectivity index (χ1v) is 9.47. The minimum Gasteiger partial charge on any atom is -0.314 e. The summed E-state index contributed by atoms with van der Waals surface area (Å²) in [6.45, 7) is 11.8. The molecular formula is C20H31N5. The van der Waals surface area contributed by atoms with E-state index in [4.69, 9.17) is 0 Å². The van der Waals surface area contributed by atoms with Gasteiger partial charge >= 0.3 is 0 Å². The summed E-state index contributed by atoms with van der Waals surface area (Å²) >= 11 is 0. The third-order valence-corrected chi connectivity index (χ3v) is 5.04. The van der Waals surface area contributed by atoms with Gasteiger partial charge in [0, 0.05) is 44.1 Å². The van der Waals surface area contributed by atoms with E-state index >= 15 is 0 Å². The molecule has 0 aromatic carbocycles. The molecule has 0 radical (unpaired) electrons. The molecule has 1 aliphatic heterocycles. The van der Waals surface area contributed by atoms with Crippen LogP contribution < -0.4 is 5.32 Å². The highest BCUT2D eigenvalue weighted by molar-refractivity contribution is 5.06. The van der Waals surface area contributed by atoms with Crippen molar-refractivity contribution in [2.24, 2.45) is 5.92 Å². The van der Waals surface area contributed by atoms with Crippen molar-refractivity contribution in [3.63, 3.8) is 0 Å². The molecule has 1 N–H and O–H groups in total. The Labute approximate surface area is 151 Å². The van der Waals surface area contributed by atoms with Crippen molar-refractivity contribution in [2.45, 2.75) is 52.7 Å². The van der Waals surface area contributed by atoms with Crippen LogP contribution in [-0.2, 0) is 13.1 Å². The molecule has 1 fully saturated rings. The fourth-order valence-corrected chi connectivity index (χ4v) is 3.60. The lowest BCUT2D eigenvalue weighted by atomic mass is 10.0. The molecule has 5 nitrogen and oxygen atoms in total. The molecule has 1 aliphatic rings. The summed E-state index contributed by atoms with van der Waals surface area (Å²) in [4.78, 5) is 6.95. The number of likely N-dealkylation sites (tertiary alicyclic amines) is 1. The molecule has 0 amide bonds. The van der Waals surface area contributed by atoms with E-state index in [2.05, 4.69) is 64.0 Å². The maximum Gasteiger partial charge on any atom is 0.0596 e. The number of rotatable bonds is 7. The van der Waals surface area contributed by atoms with E-state index in [1.54, 1.807) is 0 Å². The minimum atomic E-state index is 0.588. The largest absolute Gasteiger partial charge is 0.314 e. The van der Waals surface area contributed by atoms with Crippen LogP contribution in [0.3, 0.4) is 0 Å². The molecule has 3 heterocycles. The smallest absolute Gasteiger partial charge is 0.0596 e. The first kappa shape index (κ1) is 18.1. The number of nitrogens with one attached hydrogen (secondary N) is 1. The first-order chi connectivity index (χ1) is 12.1.